The number of carbonyl (C=O) groups is 1. The number of para-hydroxylation sites is 1. The lowest BCUT2D eigenvalue weighted by Crippen LogP contribution is -2.32. The van der Waals surface area contributed by atoms with Crippen molar-refractivity contribution >= 4 is 33.2 Å². The maximum absolute atomic E-state index is 12.3. The zero-order valence-electron chi connectivity index (χ0n) is 13.3. The molecule has 0 saturated carbocycles. The van der Waals surface area contributed by atoms with Gasteiger partial charge in [-0.3, -0.25) is 9.10 Å². The lowest BCUT2D eigenvalue weighted by atomic mass is 10.2. The predicted molar refractivity (Wildman–Crippen MR) is 96.5 cm³/mol. The molecule has 1 amide bonds. The summed E-state index contributed by atoms with van der Waals surface area (Å²) in [7, 11) is -2.06. The standard InChI is InChI=1S/C17H19ClN2O3S/c1-20(16-5-3-2-4-6-16)24(22,23)12-11-17(21)19-13-14-7-9-15(18)10-8-14/h2-10H,11-13H2,1H3,(H,19,21). The molecule has 0 unspecified atom stereocenters. The monoisotopic (exact) mass is 366 g/mol. The summed E-state index contributed by atoms with van der Waals surface area (Å²) in [6, 6.07) is 15.8. The number of benzene rings is 2. The fraction of sp³-hybridized carbons (Fsp3) is 0.235. The maximum atomic E-state index is 12.3. The van der Waals surface area contributed by atoms with E-state index in [2.05, 4.69) is 5.32 Å². The Labute approximate surface area is 147 Å². The van der Waals surface area contributed by atoms with Gasteiger partial charge in [0.25, 0.3) is 0 Å². The average Bonchev–Trinajstić information content (AvgIpc) is 2.59. The number of carbonyl (C=O) groups excluding carboxylic acids is 1. The average molecular weight is 367 g/mol. The van der Waals surface area contributed by atoms with Gasteiger partial charge in [-0.15, -0.1) is 0 Å². The van der Waals surface area contributed by atoms with Crippen LogP contribution >= 0.6 is 11.6 Å². The highest BCUT2D eigenvalue weighted by molar-refractivity contribution is 7.92. The molecule has 5 nitrogen and oxygen atoms in total. The number of hydrogen-bond donors (Lipinski definition) is 1. The summed E-state index contributed by atoms with van der Waals surface area (Å²) in [4.78, 5) is 11.9. The Balaban J connectivity index is 1.85. The van der Waals surface area contributed by atoms with Gasteiger partial charge in [-0.1, -0.05) is 41.9 Å². The number of halogens is 1. The molecule has 0 aliphatic rings. The van der Waals surface area contributed by atoms with E-state index < -0.39 is 10.0 Å². The Bertz CT molecular complexity index is 777. The van der Waals surface area contributed by atoms with Gasteiger partial charge in [0.05, 0.1) is 11.4 Å². The van der Waals surface area contributed by atoms with Crippen molar-refractivity contribution in [2.75, 3.05) is 17.1 Å². The molecule has 0 saturated heterocycles. The summed E-state index contributed by atoms with van der Waals surface area (Å²) in [5.74, 6) is -0.555. The van der Waals surface area contributed by atoms with Crippen LogP contribution in [-0.2, 0) is 21.4 Å². The van der Waals surface area contributed by atoms with Crippen LogP contribution in [0, 0.1) is 0 Å². The number of sulfonamides is 1. The third-order valence-corrected chi connectivity index (χ3v) is 5.54. The molecule has 128 valence electrons. The van der Waals surface area contributed by atoms with E-state index in [1.807, 2.05) is 18.2 Å². The number of nitrogens with zero attached hydrogens (tertiary/aromatic N) is 1. The Kier molecular flexibility index (Phi) is 6.23. The maximum Gasteiger partial charge on any atom is 0.235 e. The van der Waals surface area contributed by atoms with Crippen LogP contribution in [-0.4, -0.2) is 27.1 Å². The Morgan fingerprint density at radius 1 is 1.08 bits per heavy atom. The largest absolute Gasteiger partial charge is 0.352 e. The number of hydrogen-bond acceptors (Lipinski definition) is 3. The molecule has 0 radical (unpaired) electrons. The van der Waals surface area contributed by atoms with Crippen molar-refractivity contribution in [3.8, 4) is 0 Å². The van der Waals surface area contributed by atoms with Crippen molar-refractivity contribution in [1.29, 1.82) is 0 Å². The third-order valence-electron chi connectivity index (χ3n) is 3.53. The van der Waals surface area contributed by atoms with E-state index >= 15 is 0 Å². The first kappa shape index (κ1) is 18.3. The minimum Gasteiger partial charge on any atom is -0.352 e. The predicted octanol–water partition coefficient (Wildman–Crippen LogP) is 2.81. The highest BCUT2D eigenvalue weighted by Crippen LogP contribution is 2.16. The van der Waals surface area contributed by atoms with Gasteiger partial charge in [0, 0.05) is 25.0 Å². The molecule has 1 N–H and O–H groups in total. The summed E-state index contributed by atoms with van der Waals surface area (Å²) in [5.41, 5.74) is 1.47. The number of nitrogens with one attached hydrogen (secondary N) is 1. The smallest absolute Gasteiger partial charge is 0.235 e. The van der Waals surface area contributed by atoms with Gasteiger partial charge in [-0.25, -0.2) is 8.42 Å². The van der Waals surface area contributed by atoms with E-state index in [1.54, 1.807) is 36.4 Å². The van der Waals surface area contributed by atoms with Gasteiger partial charge in [0.15, 0.2) is 0 Å². The Hall–Kier alpha value is -2.05. The zero-order valence-corrected chi connectivity index (χ0v) is 14.8. The van der Waals surface area contributed by atoms with E-state index in [0.717, 1.165) is 5.56 Å². The Morgan fingerprint density at radius 3 is 2.33 bits per heavy atom. The van der Waals surface area contributed by atoms with Gasteiger partial charge < -0.3 is 5.32 Å². The molecule has 2 aromatic rings. The molecule has 0 bridgehead atoms. The molecule has 0 heterocycles. The first-order chi connectivity index (χ1) is 11.4. The van der Waals surface area contributed by atoms with E-state index in [0.29, 0.717) is 17.3 Å². The van der Waals surface area contributed by atoms with Crippen LogP contribution < -0.4 is 9.62 Å². The van der Waals surface area contributed by atoms with Gasteiger partial charge in [-0.2, -0.15) is 0 Å². The van der Waals surface area contributed by atoms with Crippen molar-refractivity contribution in [2.24, 2.45) is 0 Å². The van der Waals surface area contributed by atoms with Gasteiger partial charge >= 0.3 is 0 Å². The normalized spacial score (nSPS) is 11.1. The summed E-state index contributed by atoms with van der Waals surface area (Å²) in [5, 5.41) is 3.33. The van der Waals surface area contributed by atoms with Crippen molar-refractivity contribution in [2.45, 2.75) is 13.0 Å². The SMILES string of the molecule is CN(c1ccccc1)S(=O)(=O)CCC(=O)NCc1ccc(Cl)cc1. The van der Waals surface area contributed by atoms with Gasteiger partial charge in [0.2, 0.25) is 15.9 Å². The van der Waals surface area contributed by atoms with Crippen LogP contribution in [0.4, 0.5) is 5.69 Å². The molecule has 0 aliphatic carbocycles. The molecular weight excluding hydrogens is 348 g/mol. The quantitative estimate of drug-likeness (QED) is 0.819. The van der Waals surface area contributed by atoms with Crippen molar-refractivity contribution < 1.29 is 13.2 Å². The lowest BCUT2D eigenvalue weighted by Gasteiger charge is -2.19. The van der Waals surface area contributed by atoms with Crippen LogP contribution in [0.25, 0.3) is 0 Å². The van der Waals surface area contributed by atoms with E-state index in [-0.39, 0.29) is 18.1 Å². The number of amides is 1. The second-order valence-electron chi connectivity index (χ2n) is 5.27. The molecule has 24 heavy (non-hydrogen) atoms. The van der Waals surface area contributed by atoms with Crippen molar-refractivity contribution in [3.05, 3.63) is 65.2 Å². The van der Waals surface area contributed by atoms with Crippen LogP contribution in [0.3, 0.4) is 0 Å². The summed E-state index contributed by atoms with van der Waals surface area (Å²) in [6.07, 6.45) is -0.0902. The molecule has 0 fully saturated rings. The molecule has 0 aliphatic heterocycles. The third kappa shape index (κ3) is 5.25. The topological polar surface area (TPSA) is 66.5 Å². The van der Waals surface area contributed by atoms with E-state index in [9.17, 15) is 13.2 Å². The van der Waals surface area contributed by atoms with Crippen LogP contribution in [0.15, 0.2) is 54.6 Å². The minimum absolute atomic E-state index is 0.0902. The summed E-state index contributed by atoms with van der Waals surface area (Å²) in [6.45, 7) is 0.338. The van der Waals surface area contributed by atoms with Crippen molar-refractivity contribution in [3.63, 3.8) is 0 Å². The highest BCUT2D eigenvalue weighted by Gasteiger charge is 2.19. The molecular formula is C17H19ClN2O3S. The molecule has 0 atom stereocenters. The van der Waals surface area contributed by atoms with E-state index in [4.69, 9.17) is 11.6 Å². The zero-order chi connectivity index (χ0) is 17.6. The fourth-order valence-electron chi connectivity index (χ4n) is 2.05. The lowest BCUT2D eigenvalue weighted by molar-refractivity contribution is -0.120. The molecule has 2 rings (SSSR count). The fourth-order valence-corrected chi connectivity index (χ4v) is 3.33. The molecule has 0 spiro atoms. The first-order valence-corrected chi connectivity index (χ1v) is 9.40. The van der Waals surface area contributed by atoms with Crippen LogP contribution in [0.5, 0.6) is 0 Å². The second kappa shape index (κ2) is 8.17. The van der Waals surface area contributed by atoms with E-state index in [1.165, 1.54) is 11.4 Å². The molecule has 2 aromatic carbocycles. The molecule has 7 heteroatoms. The van der Waals surface area contributed by atoms with Gasteiger partial charge in [-0.05, 0) is 29.8 Å². The van der Waals surface area contributed by atoms with Crippen molar-refractivity contribution in [1.82, 2.24) is 5.32 Å². The van der Waals surface area contributed by atoms with Gasteiger partial charge in [0.1, 0.15) is 0 Å². The summed E-state index contributed by atoms with van der Waals surface area (Å²) >= 11 is 5.80. The number of rotatable bonds is 7. The second-order valence-corrected chi connectivity index (χ2v) is 7.83. The number of anilines is 1. The van der Waals surface area contributed by atoms with Crippen LogP contribution in [0.1, 0.15) is 12.0 Å². The van der Waals surface area contributed by atoms with Crippen LogP contribution in [0.2, 0.25) is 5.02 Å². The Morgan fingerprint density at radius 2 is 1.71 bits per heavy atom. The first-order valence-electron chi connectivity index (χ1n) is 7.41. The highest BCUT2D eigenvalue weighted by atomic mass is 35.5. The summed E-state index contributed by atoms with van der Waals surface area (Å²) < 4.78 is 25.8. The molecule has 0 aromatic heterocycles. The minimum atomic E-state index is -3.54.